The van der Waals surface area contributed by atoms with Crippen molar-refractivity contribution in [1.29, 1.82) is 0 Å². The van der Waals surface area contributed by atoms with Gasteiger partial charge >= 0.3 is 5.97 Å². The number of esters is 1. The fraction of sp³-hybridized carbons (Fsp3) is 0.200. The number of nitro groups is 1. The topological polar surface area (TPSA) is 154 Å². The van der Waals surface area contributed by atoms with Gasteiger partial charge < -0.3 is 19.5 Å². The molecule has 3 aromatic rings. The highest BCUT2D eigenvalue weighted by molar-refractivity contribution is 7.93. The van der Waals surface area contributed by atoms with Gasteiger partial charge in [0.05, 0.1) is 37.0 Å². The Morgan fingerprint density at radius 2 is 1.68 bits per heavy atom. The molecule has 0 radical (unpaired) electrons. The van der Waals surface area contributed by atoms with Crippen LogP contribution in [0.15, 0.2) is 71.6 Å². The van der Waals surface area contributed by atoms with E-state index < -0.39 is 44.0 Å². The van der Waals surface area contributed by atoms with Gasteiger partial charge in [0.2, 0.25) is 5.91 Å². The van der Waals surface area contributed by atoms with Crippen LogP contribution in [0.1, 0.15) is 17.3 Å². The predicted molar refractivity (Wildman–Crippen MR) is 138 cm³/mol. The maximum Gasteiger partial charge on any atom is 0.338 e. The van der Waals surface area contributed by atoms with Gasteiger partial charge in [0, 0.05) is 17.8 Å². The lowest BCUT2D eigenvalue weighted by Crippen LogP contribution is -2.38. The Balaban J connectivity index is 2.01. The summed E-state index contributed by atoms with van der Waals surface area (Å²) in [5.41, 5.74) is -0.139. The lowest BCUT2D eigenvalue weighted by molar-refractivity contribution is -0.387. The van der Waals surface area contributed by atoms with Crippen LogP contribution in [0.4, 0.5) is 17.1 Å². The highest BCUT2D eigenvalue weighted by Gasteiger charge is 2.34. The summed E-state index contributed by atoms with van der Waals surface area (Å²) in [6, 6.07) is 14.9. The summed E-state index contributed by atoms with van der Waals surface area (Å²) >= 11 is 0. The molecule has 0 bridgehead atoms. The lowest BCUT2D eigenvalue weighted by atomic mass is 10.2. The Morgan fingerprint density at radius 1 is 1.00 bits per heavy atom. The van der Waals surface area contributed by atoms with Crippen molar-refractivity contribution in [2.75, 3.05) is 37.0 Å². The normalized spacial score (nSPS) is 10.8. The Morgan fingerprint density at radius 3 is 2.29 bits per heavy atom. The molecule has 0 saturated heterocycles. The van der Waals surface area contributed by atoms with E-state index in [2.05, 4.69) is 5.32 Å². The number of para-hydroxylation sites is 1. The first-order chi connectivity index (χ1) is 18.1. The van der Waals surface area contributed by atoms with Gasteiger partial charge in [-0.25, -0.2) is 13.2 Å². The maximum absolute atomic E-state index is 13.8. The molecule has 3 rings (SSSR count). The number of anilines is 2. The Bertz CT molecular complexity index is 1440. The van der Waals surface area contributed by atoms with Crippen LogP contribution in [0.25, 0.3) is 0 Å². The first-order valence-corrected chi connectivity index (χ1v) is 12.6. The number of amides is 1. The number of benzene rings is 3. The molecule has 0 atom stereocenters. The molecule has 13 heteroatoms. The number of carbonyl (C=O) groups excluding carboxylic acids is 2. The van der Waals surface area contributed by atoms with Crippen LogP contribution < -0.4 is 19.1 Å². The molecule has 200 valence electrons. The number of hydrogen-bond donors (Lipinski definition) is 1. The van der Waals surface area contributed by atoms with Crippen molar-refractivity contribution in [1.82, 2.24) is 0 Å². The van der Waals surface area contributed by atoms with Crippen LogP contribution in [-0.2, 0) is 19.6 Å². The molecule has 38 heavy (non-hydrogen) atoms. The van der Waals surface area contributed by atoms with Gasteiger partial charge in [-0.05, 0) is 49.4 Å². The van der Waals surface area contributed by atoms with Gasteiger partial charge in [-0.1, -0.05) is 12.1 Å². The molecule has 0 aliphatic carbocycles. The van der Waals surface area contributed by atoms with Crippen molar-refractivity contribution in [3.8, 4) is 11.5 Å². The van der Waals surface area contributed by atoms with Gasteiger partial charge in [0.15, 0.2) is 4.90 Å². The van der Waals surface area contributed by atoms with Crippen molar-refractivity contribution in [2.45, 2.75) is 11.8 Å². The maximum atomic E-state index is 13.8. The van der Waals surface area contributed by atoms with Gasteiger partial charge in [0.25, 0.3) is 15.7 Å². The summed E-state index contributed by atoms with van der Waals surface area (Å²) in [6.07, 6.45) is 0. The van der Waals surface area contributed by atoms with Crippen molar-refractivity contribution >= 4 is 39.0 Å². The fourth-order valence-electron chi connectivity index (χ4n) is 3.47. The quantitative estimate of drug-likeness (QED) is 0.217. The second-order valence-corrected chi connectivity index (χ2v) is 9.45. The summed E-state index contributed by atoms with van der Waals surface area (Å²) < 4.78 is 43.7. The van der Waals surface area contributed by atoms with Crippen molar-refractivity contribution in [3.63, 3.8) is 0 Å². The number of rotatable bonds is 11. The van der Waals surface area contributed by atoms with E-state index in [1.54, 1.807) is 6.92 Å². The third kappa shape index (κ3) is 6.18. The van der Waals surface area contributed by atoms with Crippen LogP contribution >= 0.6 is 0 Å². The molecule has 1 N–H and O–H groups in total. The van der Waals surface area contributed by atoms with E-state index in [0.29, 0.717) is 5.75 Å². The number of nitrogens with zero attached hydrogens (tertiary/aromatic N) is 2. The number of ether oxygens (including phenoxy) is 3. The second-order valence-electron chi connectivity index (χ2n) is 7.62. The minimum absolute atomic E-state index is 0.0424. The minimum atomic E-state index is -4.64. The summed E-state index contributed by atoms with van der Waals surface area (Å²) in [5, 5.41) is 14.1. The van der Waals surface area contributed by atoms with Crippen LogP contribution in [0, 0.1) is 10.1 Å². The first-order valence-electron chi connectivity index (χ1n) is 11.2. The summed E-state index contributed by atoms with van der Waals surface area (Å²) in [4.78, 5) is 35.0. The zero-order chi connectivity index (χ0) is 27.9. The standard InChI is InChI=1S/C25H25N3O9S/c1-4-37-25(30)17-9-11-18(12-10-17)26-24(29)16-27(20-14-13-19(35-2)15-22(20)36-3)38(33,34)23-8-6-5-7-21(23)28(31)32/h5-15H,4,16H2,1-3H3,(H,26,29). The Labute approximate surface area is 218 Å². The van der Waals surface area contributed by atoms with Crippen molar-refractivity contribution in [3.05, 3.63) is 82.4 Å². The van der Waals surface area contributed by atoms with E-state index in [1.165, 1.54) is 68.8 Å². The number of hydrogen-bond acceptors (Lipinski definition) is 9. The largest absolute Gasteiger partial charge is 0.497 e. The molecule has 12 nitrogen and oxygen atoms in total. The Hall–Kier alpha value is -4.65. The second kappa shape index (κ2) is 12.1. The lowest BCUT2D eigenvalue weighted by Gasteiger charge is -2.25. The first kappa shape index (κ1) is 27.9. The molecule has 0 aliphatic heterocycles. The molecular weight excluding hydrogens is 518 g/mol. The molecule has 0 saturated carbocycles. The van der Waals surface area contributed by atoms with Gasteiger partial charge in [-0.3, -0.25) is 19.2 Å². The molecular formula is C25H25N3O9S. The SMILES string of the molecule is CCOC(=O)c1ccc(NC(=O)CN(c2ccc(OC)cc2OC)S(=O)(=O)c2ccccc2[N+](=O)[O-])cc1. The average Bonchev–Trinajstić information content (AvgIpc) is 2.91. The van der Waals surface area contributed by atoms with E-state index in [4.69, 9.17) is 14.2 Å². The van der Waals surface area contributed by atoms with Gasteiger partial charge in [-0.2, -0.15) is 0 Å². The molecule has 0 spiro atoms. The van der Waals surface area contributed by atoms with Gasteiger partial charge in [0.1, 0.15) is 18.0 Å². The number of methoxy groups -OCH3 is 2. The highest BCUT2D eigenvalue weighted by atomic mass is 32.2. The van der Waals surface area contributed by atoms with Crippen LogP contribution in [-0.4, -0.2) is 52.6 Å². The van der Waals surface area contributed by atoms with Crippen LogP contribution in [0.3, 0.4) is 0 Å². The number of nitrogens with one attached hydrogen (secondary N) is 1. The van der Waals surface area contributed by atoms with Gasteiger partial charge in [-0.15, -0.1) is 0 Å². The summed E-state index contributed by atoms with van der Waals surface area (Å²) in [6.45, 7) is 1.13. The minimum Gasteiger partial charge on any atom is -0.497 e. The van der Waals surface area contributed by atoms with Crippen LogP contribution in [0.5, 0.6) is 11.5 Å². The van der Waals surface area contributed by atoms with E-state index >= 15 is 0 Å². The zero-order valence-electron chi connectivity index (χ0n) is 20.7. The third-order valence-corrected chi connectivity index (χ3v) is 7.06. The predicted octanol–water partition coefficient (Wildman–Crippen LogP) is 3.62. The summed E-state index contributed by atoms with van der Waals surface area (Å²) in [7, 11) is -1.93. The average molecular weight is 544 g/mol. The monoisotopic (exact) mass is 543 g/mol. The Kier molecular flexibility index (Phi) is 8.86. The number of nitro benzene ring substituents is 1. The zero-order valence-corrected chi connectivity index (χ0v) is 21.6. The third-order valence-electron chi connectivity index (χ3n) is 5.25. The van der Waals surface area contributed by atoms with Crippen LogP contribution in [0.2, 0.25) is 0 Å². The van der Waals surface area contributed by atoms with Crippen molar-refractivity contribution < 1.29 is 37.1 Å². The number of carbonyl (C=O) groups is 2. The molecule has 0 fully saturated rings. The molecule has 0 unspecified atom stereocenters. The van der Waals surface area contributed by atoms with E-state index in [1.807, 2.05) is 0 Å². The molecule has 0 aliphatic rings. The fourth-order valence-corrected chi connectivity index (χ4v) is 5.06. The van der Waals surface area contributed by atoms with E-state index in [9.17, 15) is 28.1 Å². The highest BCUT2D eigenvalue weighted by Crippen LogP contribution is 2.37. The molecule has 1 amide bonds. The van der Waals surface area contributed by atoms with E-state index in [-0.39, 0.29) is 29.3 Å². The molecule has 0 heterocycles. The molecule has 3 aromatic carbocycles. The number of sulfonamides is 1. The van der Waals surface area contributed by atoms with Crippen molar-refractivity contribution in [2.24, 2.45) is 0 Å². The van der Waals surface area contributed by atoms with E-state index in [0.717, 1.165) is 16.4 Å². The summed E-state index contributed by atoms with van der Waals surface area (Å²) in [5.74, 6) is -0.870. The molecule has 0 aromatic heterocycles. The smallest absolute Gasteiger partial charge is 0.338 e.